The summed E-state index contributed by atoms with van der Waals surface area (Å²) in [4.78, 5) is 116. The molecule has 0 saturated carbocycles. The van der Waals surface area contributed by atoms with Gasteiger partial charge in [-0.1, -0.05) is 133 Å². The third-order valence-corrected chi connectivity index (χ3v) is 15.6. The highest BCUT2D eigenvalue weighted by atomic mass is 16.2. The zero-order valence-corrected chi connectivity index (χ0v) is 48.2. The van der Waals surface area contributed by atoms with Gasteiger partial charge in [-0.15, -0.1) is 0 Å². The van der Waals surface area contributed by atoms with Crippen molar-refractivity contribution >= 4 is 68.8 Å². The van der Waals surface area contributed by atoms with Gasteiger partial charge in [0.2, 0.25) is 35.4 Å². The molecular formula is C62H80N10O8. The Bertz CT molecular complexity index is 2920. The van der Waals surface area contributed by atoms with Crippen LogP contribution >= 0.6 is 0 Å². The number of likely N-dealkylation sites (N-methyl/N-ethyl adjacent to an activating group) is 2. The average molecular weight is 1090 g/mol. The lowest BCUT2D eigenvalue weighted by Gasteiger charge is -2.36. The molecule has 18 heteroatoms. The summed E-state index contributed by atoms with van der Waals surface area (Å²) in [6.07, 6.45) is 0.119. The van der Waals surface area contributed by atoms with Crippen LogP contribution in [0.4, 0.5) is 0 Å². The quantitative estimate of drug-likeness (QED) is 0.0554. The maximum atomic E-state index is 14.8. The van der Waals surface area contributed by atoms with Crippen molar-refractivity contribution < 1.29 is 38.4 Å². The molecule has 0 spiro atoms. The number of carbonyl (C=O) groups is 8. The summed E-state index contributed by atoms with van der Waals surface area (Å²) in [5.41, 5.74) is 0.514. The first-order valence-electron chi connectivity index (χ1n) is 27.6. The van der Waals surface area contributed by atoms with Crippen molar-refractivity contribution in [3.63, 3.8) is 0 Å². The zero-order valence-electron chi connectivity index (χ0n) is 48.2. The molecule has 3 unspecified atom stereocenters. The minimum atomic E-state index is -1.03. The van der Waals surface area contributed by atoms with Gasteiger partial charge in [0.1, 0.15) is 24.2 Å². The molecule has 0 aromatic heterocycles. The smallest absolute Gasteiger partial charge is 0.251 e. The van der Waals surface area contributed by atoms with E-state index in [-0.39, 0.29) is 48.9 Å². The standard InChI is InChI=1S/C62H80N10O8/c1-35(45-28-18-22-39-20-13-15-26-47(39)45)65-57(77)49-31-43(33-71(49)59(79)51(61(5,6)7)69-53(73)37(3)63-11)67-55(75)41-24-17-25-42(30-41)56(76)68-44-32-50(58(78)66-36(2)46-29-19-23-40-21-14-16-27-48(40)46)72(34-44)60(80)52(62(8,9)10)70-54(74)38(4)64-12/h13-30,35-38,43-44,49-52,63-64H,31-34H2,1-12H3,(H,65,77)(H,66,78)(H,67,75)(H,68,76)(H,69,73)(H,70,74)/t35-,36?,37+,38+,43+,44+,49+,50?,51-,52?/m1/s1. The van der Waals surface area contributed by atoms with Gasteiger partial charge in [-0.25, -0.2) is 0 Å². The third kappa shape index (κ3) is 13.8. The van der Waals surface area contributed by atoms with Crippen molar-refractivity contribution in [2.45, 2.75) is 142 Å². The van der Waals surface area contributed by atoms with E-state index >= 15 is 0 Å². The van der Waals surface area contributed by atoms with Crippen LogP contribution in [-0.4, -0.2) is 133 Å². The number of hydrogen-bond acceptors (Lipinski definition) is 10. The Kier molecular flexibility index (Phi) is 18.9. The van der Waals surface area contributed by atoms with Crippen LogP contribution in [0, 0.1) is 10.8 Å². The second kappa shape index (κ2) is 25.2. The topological polar surface area (TPSA) is 239 Å². The molecule has 2 saturated heterocycles. The number of hydrogen-bond donors (Lipinski definition) is 8. The Morgan fingerprint density at radius 2 is 0.825 bits per heavy atom. The van der Waals surface area contributed by atoms with E-state index in [0.29, 0.717) is 0 Å². The van der Waals surface area contributed by atoms with Gasteiger partial charge in [0.05, 0.1) is 24.2 Å². The Hall–Kier alpha value is -7.70. The molecule has 5 aromatic carbocycles. The van der Waals surface area contributed by atoms with Gasteiger partial charge in [0, 0.05) is 36.3 Å². The second-order valence-electron chi connectivity index (χ2n) is 23.6. The van der Waals surface area contributed by atoms with E-state index in [1.807, 2.05) is 140 Å². The van der Waals surface area contributed by atoms with Crippen LogP contribution in [0.1, 0.15) is 126 Å². The predicted molar refractivity (Wildman–Crippen MR) is 310 cm³/mol. The van der Waals surface area contributed by atoms with Gasteiger partial charge in [-0.05, 0) is 116 Å². The Morgan fingerprint density at radius 3 is 1.19 bits per heavy atom. The molecule has 0 radical (unpaired) electrons. The molecule has 2 heterocycles. The highest BCUT2D eigenvalue weighted by Gasteiger charge is 2.48. The Labute approximate surface area is 469 Å². The first-order valence-corrected chi connectivity index (χ1v) is 27.6. The van der Waals surface area contributed by atoms with Gasteiger partial charge in [-0.2, -0.15) is 0 Å². The number of nitrogens with zero attached hydrogens (tertiary/aromatic N) is 2. The second-order valence-corrected chi connectivity index (χ2v) is 23.6. The zero-order chi connectivity index (χ0) is 58.4. The molecule has 0 aliphatic carbocycles. The lowest BCUT2D eigenvalue weighted by molar-refractivity contribution is -0.144. The van der Waals surface area contributed by atoms with E-state index in [1.54, 1.807) is 46.1 Å². The molecular weight excluding hydrogens is 1010 g/mol. The fourth-order valence-corrected chi connectivity index (χ4v) is 10.7. The van der Waals surface area contributed by atoms with Crippen LogP contribution in [-0.2, 0) is 28.8 Å². The number of benzene rings is 5. The normalized spacial score (nSPS) is 19.7. The van der Waals surface area contributed by atoms with E-state index in [2.05, 4.69) is 42.5 Å². The molecule has 80 heavy (non-hydrogen) atoms. The van der Waals surface area contributed by atoms with Crippen LogP contribution in [0.2, 0.25) is 0 Å². The van der Waals surface area contributed by atoms with Crippen molar-refractivity contribution in [2.75, 3.05) is 27.2 Å². The largest absolute Gasteiger partial charge is 0.348 e. The van der Waals surface area contributed by atoms with Crippen LogP contribution in [0.25, 0.3) is 21.5 Å². The maximum absolute atomic E-state index is 14.8. The highest BCUT2D eigenvalue weighted by molar-refractivity contribution is 6.01. The van der Waals surface area contributed by atoms with Crippen LogP contribution in [0.3, 0.4) is 0 Å². The number of carbonyl (C=O) groups excluding carboxylic acids is 8. The van der Waals surface area contributed by atoms with Crippen LogP contribution in [0.15, 0.2) is 109 Å². The van der Waals surface area contributed by atoms with E-state index in [1.165, 1.54) is 15.9 Å². The van der Waals surface area contributed by atoms with Crippen molar-refractivity contribution in [1.29, 1.82) is 0 Å². The molecule has 18 nitrogen and oxygen atoms in total. The van der Waals surface area contributed by atoms with Crippen molar-refractivity contribution in [3.8, 4) is 0 Å². The first-order chi connectivity index (χ1) is 37.8. The summed E-state index contributed by atoms with van der Waals surface area (Å²) in [5, 5.41) is 27.9. The molecule has 8 amide bonds. The van der Waals surface area contributed by atoms with Crippen molar-refractivity contribution in [1.82, 2.24) is 52.3 Å². The third-order valence-electron chi connectivity index (χ3n) is 15.6. The fraction of sp³-hybridized carbons (Fsp3) is 0.452. The van der Waals surface area contributed by atoms with Crippen LogP contribution in [0.5, 0.6) is 0 Å². The van der Waals surface area contributed by atoms with Crippen molar-refractivity contribution in [3.05, 3.63) is 131 Å². The SMILES string of the molecule is CN[C@@H](C)C(=O)NC(C(=O)N1C[C@@H](NC(=O)c2cccc(C(=O)N[C@H]3C[C@@H](C(=O)N[C@H](C)c4cccc5ccccc45)N(C(=O)[C@@H](NC(=O)[C@H](C)NC)C(C)(C)C)C3)c2)CC1C(=O)NC(C)c1cccc2ccccc12)C(C)(C)C. The summed E-state index contributed by atoms with van der Waals surface area (Å²) in [5.74, 6) is -3.69. The molecule has 426 valence electrons. The van der Waals surface area contributed by atoms with Crippen LogP contribution < -0.4 is 42.5 Å². The Balaban J connectivity index is 1.10. The number of nitrogens with one attached hydrogen (secondary N) is 8. The number of fused-ring (bicyclic) bond motifs is 2. The van der Waals surface area contributed by atoms with E-state index in [9.17, 15) is 38.4 Å². The van der Waals surface area contributed by atoms with Gasteiger partial charge in [0.15, 0.2) is 0 Å². The predicted octanol–water partition coefficient (Wildman–Crippen LogP) is 5.42. The van der Waals surface area contributed by atoms with Gasteiger partial charge < -0.3 is 52.3 Å². The minimum Gasteiger partial charge on any atom is -0.348 e. The maximum Gasteiger partial charge on any atom is 0.251 e. The lowest BCUT2D eigenvalue weighted by atomic mass is 9.85. The van der Waals surface area contributed by atoms with Crippen molar-refractivity contribution in [2.24, 2.45) is 10.8 Å². The first kappa shape index (κ1) is 60.0. The molecule has 10 atom stereocenters. The molecule has 8 N–H and O–H groups in total. The summed E-state index contributed by atoms with van der Waals surface area (Å²) >= 11 is 0. The van der Waals surface area contributed by atoms with Gasteiger partial charge >= 0.3 is 0 Å². The van der Waals surface area contributed by atoms with E-state index in [4.69, 9.17) is 0 Å². The molecule has 0 bridgehead atoms. The number of rotatable bonds is 18. The summed E-state index contributed by atoms with van der Waals surface area (Å²) in [6.45, 7) is 18.0. The number of likely N-dealkylation sites (tertiary alicyclic amines) is 2. The number of amides is 8. The summed E-state index contributed by atoms with van der Waals surface area (Å²) in [7, 11) is 3.29. The van der Waals surface area contributed by atoms with E-state index in [0.717, 1.165) is 32.7 Å². The monoisotopic (exact) mass is 1090 g/mol. The molecule has 2 aliphatic rings. The van der Waals surface area contributed by atoms with E-state index < -0.39 is 107 Å². The minimum absolute atomic E-state index is 0.0455. The Morgan fingerprint density at radius 1 is 0.475 bits per heavy atom. The molecule has 2 fully saturated rings. The molecule has 7 rings (SSSR count). The summed E-state index contributed by atoms with van der Waals surface area (Å²) < 4.78 is 0. The highest BCUT2D eigenvalue weighted by Crippen LogP contribution is 2.31. The molecule has 5 aromatic rings. The van der Waals surface area contributed by atoms with Gasteiger partial charge in [0.25, 0.3) is 11.8 Å². The molecule has 2 aliphatic heterocycles. The average Bonchev–Trinajstić information content (AvgIpc) is 4.17. The lowest BCUT2D eigenvalue weighted by Crippen LogP contribution is -2.59. The fourth-order valence-electron chi connectivity index (χ4n) is 10.7. The summed E-state index contributed by atoms with van der Waals surface area (Å²) in [6, 6.07) is 25.9. The van der Waals surface area contributed by atoms with Gasteiger partial charge in [-0.3, -0.25) is 38.4 Å².